The lowest BCUT2D eigenvalue weighted by Gasteiger charge is -2.37. The van der Waals surface area contributed by atoms with E-state index >= 15 is 0 Å². The molecule has 3 aromatic rings. The molecule has 4 rings (SSSR count). The molecular formula is C24H25N3O3. The van der Waals surface area contributed by atoms with Crippen molar-refractivity contribution in [1.82, 2.24) is 9.88 Å². The second kappa shape index (κ2) is 8.53. The van der Waals surface area contributed by atoms with Gasteiger partial charge in [-0.05, 0) is 38.1 Å². The number of aryl methyl sites for hydroxylation is 1. The number of carbonyl (C=O) groups excluding carboxylic acids is 2. The number of aromatic nitrogens is 1. The maximum absolute atomic E-state index is 12.9. The van der Waals surface area contributed by atoms with Crippen molar-refractivity contribution < 1.29 is 14.3 Å². The molecule has 6 heteroatoms. The van der Waals surface area contributed by atoms with Crippen LogP contribution in [0.5, 0.6) is 0 Å². The molecule has 0 saturated carbocycles. The van der Waals surface area contributed by atoms with Crippen LogP contribution < -0.4 is 4.90 Å². The number of anilines is 1. The van der Waals surface area contributed by atoms with E-state index < -0.39 is 12.1 Å². The molecule has 154 valence electrons. The third-order valence-corrected chi connectivity index (χ3v) is 5.41. The summed E-state index contributed by atoms with van der Waals surface area (Å²) in [4.78, 5) is 34.2. The second-order valence-corrected chi connectivity index (χ2v) is 7.52. The standard InChI is InChI=1S/C24H25N3O3/c1-17-16-21(20-10-6-7-11-22(20)25-17)24(29)30-18(2)23(28)27-14-12-26(13-15-27)19-8-4-3-5-9-19/h3-11,16,18H,12-15H2,1-2H3/t18-/m0/s1. The second-order valence-electron chi connectivity index (χ2n) is 7.52. The van der Waals surface area contributed by atoms with Gasteiger partial charge in [-0.2, -0.15) is 0 Å². The first-order chi connectivity index (χ1) is 14.5. The Labute approximate surface area is 176 Å². The smallest absolute Gasteiger partial charge is 0.339 e. The highest BCUT2D eigenvalue weighted by atomic mass is 16.5. The van der Waals surface area contributed by atoms with E-state index in [1.165, 1.54) is 0 Å². The molecule has 0 aliphatic carbocycles. The average Bonchev–Trinajstić information content (AvgIpc) is 2.78. The van der Waals surface area contributed by atoms with Gasteiger partial charge in [0.1, 0.15) is 0 Å². The first-order valence-electron chi connectivity index (χ1n) is 10.2. The van der Waals surface area contributed by atoms with Gasteiger partial charge < -0.3 is 14.5 Å². The molecule has 0 bridgehead atoms. The lowest BCUT2D eigenvalue weighted by molar-refractivity contribution is -0.140. The SMILES string of the molecule is Cc1cc(C(=O)O[C@@H](C)C(=O)N2CCN(c3ccccc3)CC2)c2ccccc2n1. The van der Waals surface area contributed by atoms with Gasteiger partial charge in [-0.25, -0.2) is 4.79 Å². The van der Waals surface area contributed by atoms with Gasteiger partial charge in [0, 0.05) is 42.9 Å². The third kappa shape index (κ3) is 4.13. The molecule has 2 heterocycles. The van der Waals surface area contributed by atoms with Gasteiger partial charge in [0.05, 0.1) is 11.1 Å². The van der Waals surface area contributed by atoms with Crippen molar-refractivity contribution in [3.63, 3.8) is 0 Å². The summed E-state index contributed by atoms with van der Waals surface area (Å²) in [5.41, 5.74) is 3.06. The molecule has 1 amide bonds. The predicted molar refractivity (Wildman–Crippen MR) is 117 cm³/mol. The Hall–Kier alpha value is -3.41. The van der Waals surface area contributed by atoms with Crippen LogP contribution >= 0.6 is 0 Å². The van der Waals surface area contributed by atoms with E-state index in [4.69, 9.17) is 4.74 Å². The summed E-state index contributed by atoms with van der Waals surface area (Å²) in [6.07, 6.45) is -0.840. The van der Waals surface area contributed by atoms with E-state index in [0.717, 1.165) is 35.4 Å². The molecule has 0 N–H and O–H groups in total. The van der Waals surface area contributed by atoms with Crippen molar-refractivity contribution in [3.05, 3.63) is 71.9 Å². The minimum absolute atomic E-state index is 0.161. The average molecular weight is 403 g/mol. The Morgan fingerprint density at radius 2 is 1.63 bits per heavy atom. The Morgan fingerprint density at radius 3 is 2.37 bits per heavy atom. The summed E-state index contributed by atoms with van der Waals surface area (Å²) in [5.74, 6) is -0.661. The number of para-hydroxylation sites is 2. The molecule has 6 nitrogen and oxygen atoms in total. The molecule has 1 atom stereocenters. The van der Waals surface area contributed by atoms with Crippen molar-refractivity contribution in [2.24, 2.45) is 0 Å². The predicted octanol–water partition coefficient (Wildman–Crippen LogP) is 3.44. The van der Waals surface area contributed by atoms with E-state index in [-0.39, 0.29) is 5.91 Å². The largest absolute Gasteiger partial charge is 0.449 e. The van der Waals surface area contributed by atoms with Gasteiger partial charge in [0.2, 0.25) is 0 Å². The van der Waals surface area contributed by atoms with E-state index in [2.05, 4.69) is 22.0 Å². The summed E-state index contributed by atoms with van der Waals surface area (Å²) >= 11 is 0. The molecule has 0 spiro atoms. The lowest BCUT2D eigenvalue weighted by atomic mass is 10.1. The Balaban J connectivity index is 1.40. The van der Waals surface area contributed by atoms with Crippen LogP contribution in [0, 0.1) is 6.92 Å². The normalized spacial score (nSPS) is 15.1. The molecule has 0 radical (unpaired) electrons. The van der Waals surface area contributed by atoms with Gasteiger partial charge in [-0.1, -0.05) is 36.4 Å². The van der Waals surface area contributed by atoms with Gasteiger partial charge in [0.25, 0.3) is 5.91 Å². The number of benzene rings is 2. The Bertz CT molecular complexity index is 1060. The quantitative estimate of drug-likeness (QED) is 0.625. The van der Waals surface area contributed by atoms with Crippen LogP contribution in [0.15, 0.2) is 60.7 Å². The fourth-order valence-electron chi connectivity index (χ4n) is 3.83. The molecule has 1 aromatic heterocycles. The number of amides is 1. The number of pyridine rings is 1. The fraction of sp³-hybridized carbons (Fsp3) is 0.292. The van der Waals surface area contributed by atoms with Crippen molar-refractivity contribution in [2.45, 2.75) is 20.0 Å². The summed E-state index contributed by atoms with van der Waals surface area (Å²) in [5, 5.41) is 0.726. The molecule has 30 heavy (non-hydrogen) atoms. The van der Waals surface area contributed by atoms with Crippen LogP contribution in [0.1, 0.15) is 23.0 Å². The van der Waals surface area contributed by atoms with Crippen molar-refractivity contribution in [2.75, 3.05) is 31.1 Å². The summed E-state index contributed by atoms with van der Waals surface area (Å²) in [6, 6.07) is 19.3. The Morgan fingerprint density at radius 1 is 0.967 bits per heavy atom. The number of hydrogen-bond acceptors (Lipinski definition) is 5. The van der Waals surface area contributed by atoms with E-state index in [0.29, 0.717) is 18.7 Å². The minimum Gasteiger partial charge on any atom is -0.449 e. The number of hydrogen-bond donors (Lipinski definition) is 0. The number of esters is 1. The van der Waals surface area contributed by atoms with Gasteiger partial charge in [-0.3, -0.25) is 9.78 Å². The van der Waals surface area contributed by atoms with E-state index in [9.17, 15) is 9.59 Å². The van der Waals surface area contributed by atoms with Crippen LogP contribution in [-0.4, -0.2) is 54.0 Å². The first kappa shape index (κ1) is 19.9. The number of fused-ring (bicyclic) bond motifs is 1. The third-order valence-electron chi connectivity index (χ3n) is 5.41. The fourth-order valence-corrected chi connectivity index (χ4v) is 3.83. The maximum Gasteiger partial charge on any atom is 0.339 e. The number of nitrogens with zero attached hydrogens (tertiary/aromatic N) is 3. The summed E-state index contributed by atoms with van der Waals surface area (Å²) in [6.45, 7) is 6.19. The molecular weight excluding hydrogens is 378 g/mol. The summed E-state index contributed by atoms with van der Waals surface area (Å²) < 4.78 is 5.55. The van der Waals surface area contributed by atoms with Crippen molar-refractivity contribution >= 4 is 28.5 Å². The van der Waals surface area contributed by atoms with Crippen LogP contribution in [-0.2, 0) is 9.53 Å². The van der Waals surface area contributed by atoms with Crippen molar-refractivity contribution in [3.8, 4) is 0 Å². The number of ether oxygens (including phenoxy) is 1. The van der Waals surface area contributed by atoms with E-state index in [1.807, 2.05) is 49.4 Å². The van der Waals surface area contributed by atoms with E-state index in [1.54, 1.807) is 17.9 Å². The topological polar surface area (TPSA) is 62.7 Å². The monoisotopic (exact) mass is 403 g/mol. The number of carbonyl (C=O) groups is 2. The maximum atomic E-state index is 12.9. The van der Waals surface area contributed by atoms with Gasteiger partial charge in [0.15, 0.2) is 6.10 Å². The number of rotatable bonds is 4. The van der Waals surface area contributed by atoms with Crippen LogP contribution in [0.2, 0.25) is 0 Å². The zero-order valence-electron chi connectivity index (χ0n) is 17.2. The Kier molecular flexibility index (Phi) is 5.65. The molecule has 1 aliphatic heterocycles. The van der Waals surface area contributed by atoms with Crippen LogP contribution in [0.3, 0.4) is 0 Å². The highest BCUT2D eigenvalue weighted by molar-refractivity contribution is 6.04. The summed E-state index contributed by atoms with van der Waals surface area (Å²) in [7, 11) is 0. The van der Waals surface area contributed by atoms with Crippen LogP contribution in [0.25, 0.3) is 10.9 Å². The number of piperazine rings is 1. The first-order valence-corrected chi connectivity index (χ1v) is 10.2. The molecule has 1 aliphatic rings. The molecule has 2 aromatic carbocycles. The highest BCUT2D eigenvalue weighted by Gasteiger charge is 2.28. The lowest BCUT2D eigenvalue weighted by Crippen LogP contribution is -2.51. The highest BCUT2D eigenvalue weighted by Crippen LogP contribution is 2.20. The molecule has 0 unspecified atom stereocenters. The van der Waals surface area contributed by atoms with Gasteiger partial charge in [-0.15, -0.1) is 0 Å². The zero-order chi connectivity index (χ0) is 21.1. The molecule has 1 saturated heterocycles. The molecule has 1 fully saturated rings. The van der Waals surface area contributed by atoms with Gasteiger partial charge >= 0.3 is 5.97 Å². The van der Waals surface area contributed by atoms with Crippen LogP contribution in [0.4, 0.5) is 5.69 Å². The minimum atomic E-state index is -0.840. The van der Waals surface area contributed by atoms with Crippen molar-refractivity contribution in [1.29, 1.82) is 0 Å². The zero-order valence-corrected chi connectivity index (χ0v) is 17.2.